The Morgan fingerprint density at radius 1 is 0.952 bits per heavy atom. The van der Waals surface area contributed by atoms with Crippen LogP contribution < -0.4 is 10.5 Å². The average Bonchev–Trinajstić information content (AvgIpc) is 2.47. The maximum Gasteiger partial charge on any atom is 0.240 e. The zero-order valence-electron chi connectivity index (χ0n) is 11.9. The smallest absolute Gasteiger partial charge is 0.240 e. The number of rotatable bonds is 3. The van der Waals surface area contributed by atoms with E-state index in [1.54, 1.807) is 24.3 Å². The summed E-state index contributed by atoms with van der Waals surface area (Å²) in [4.78, 5) is 0.324. The van der Waals surface area contributed by atoms with Crippen molar-refractivity contribution in [2.24, 2.45) is 0 Å². The summed E-state index contributed by atoms with van der Waals surface area (Å²) in [5.41, 5.74) is 6.42. The average molecular weight is 304 g/mol. The maximum atomic E-state index is 12.5. The topological polar surface area (TPSA) is 72.2 Å². The first-order chi connectivity index (χ1) is 10.0. The van der Waals surface area contributed by atoms with E-state index >= 15 is 0 Å². The van der Waals surface area contributed by atoms with Crippen molar-refractivity contribution in [2.45, 2.75) is 43.0 Å². The van der Waals surface area contributed by atoms with E-state index in [4.69, 9.17) is 5.73 Å². The molecule has 1 fully saturated rings. The van der Waals surface area contributed by atoms with Gasteiger partial charge >= 0.3 is 0 Å². The maximum absolute atomic E-state index is 12.5. The quantitative estimate of drug-likeness (QED) is 0.856. The number of nitrogens with one attached hydrogen (secondary N) is 1. The van der Waals surface area contributed by atoms with E-state index in [0.717, 1.165) is 36.5 Å². The SMILES string of the molecule is Nc1ccc2cc(S(=O)(=O)NC3CCCCC3)ccc2c1. The van der Waals surface area contributed by atoms with Crippen LogP contribution in [0.25, 0.3) is 10.8 Å². The molecule has 4 nitrogen and oxygen atoms in total. The molecule has 0 amide bonds. The fourth-order valence-electron chi connectivity index (χ4n) is 2.92. The number of nitrogens with two attached hydrogens (primary N) is 1. The van der Waals surface area contributed by atoms with E-state index in [-0.39, 0.29) is 6.04 Å². The normalized spacial score (nSPS) is 17.1. The highest BCUT2D eigenvalue weighted by Crippen LogP contribution is 2.23. The summed E-state index contributed by atoms with van der Waals surface area (Å²) in [5, 5.41) is 1.84. The van der Waals surface area contributed by atoms with Gasteiger partial charge in [-0.1, -0.05) is 31.4 Å². The second-order valence-corrected chi connectivity index (χ2v) is 7.44. The fraction of sp³-hybridized carbons (Fsp3) is 0.375. The molecule has 3 N–H and O–H groups in total. The van der Waals surface area contributed by atoms with Crippen molar-refractivity contribution in [3.8, 4) is 0 Å². The molecular formula is C16H20N2O2S. The van der Waals surface area contributed by atoms with E-state index < -0.39 is 10.0 Å². The molecule has 0 aliphatic heterocycles. The lowest BCUT2D eigenvalue weighted by Crippen LogP contribution is -2.36. The molecule has 0 atom stereocenters. The minimum atomic E-state index is -3.44. The lowest BCUT2D eigenvalue weighted by Gasteiger charge is -2.22. The Labute approximate surface area is 125 Å². The first-order valence-electron chi connectivity index (χ1n) is 7.36. The standard InChI is InChI=1S/C16H20N2O2S/c17-14-8-6-13-11-16(9-7-12(13)10-14)21(19,20)18-15-4-2-1-3-5-15/h6-11,15,18H,1-5,17H2. The highest BCUT2D eigenvalue weighted by atomic mass is 32.2. The van der Waals surface area contributed by atoms with Gasteiger partial charge in [-0.2, -0.15) is 0 Å². The number of nitrogen functional groups attached to an aromatic ring is 1. The van der Waals surface area contributed by atoms with Crippen molar-refractivity contribution >= 4 is 26.5 Å². The van der Waals surface area contributed by atoms with Crippen LogP contribution in [0.15, 0.2) is 41.3 Å². The summed E-state index contributed by atoms with van der Waals surface area (Å²) in [7, 11) is -3.44. The van der Waals surface area contributed by atoms with Crippen LogP contribution in [0.1, 0.15) is 32.1 Å². The summed E-state index contributed by atoms with van der Waals surface area (Å²) in [6.45, 7) is 0. The molecule has 0 bridgehead atoms. The highest BCUT2D eigenvalue weighted by Gasteiger charge is 2.21. The van der Waals surface area contributed by atoms with Crippen LogP contribution in [-0.4, -0.2) is 14.5 Å². The molecular weight excluding hydrogens is 284 g/mol. The van der Waals surface area contributed by atoms with Gasteiger partial charge in [0.25, 0.3) is 0 Å². The predicted molar refractivity (Wildman–Crippen MR) is 85.6 cm³/mol. The van der Waals surface area contributed by atoms with Crippen LogP contribution in [0.4, 0.5) is 5.69 Å². The van der Waals surface area contributed by atoms with Crippen molar-refractivity contribution < 1.29 is 8.42 Å². The third-order valence-corrected chi connectivity index (χ3v) is 5.59. The zero-order valence-corrected chi connectivity index (χ0v) is 12.7. The lowest BCUT2D eigenvalue weighted by atomic mass is 9.96. The number of hydrogen-bond acceptors (Lipinski definition) is 3. The molecule has 1 saturated carbocycles. The Morgan fingerprint density at radius 2 is 1.62 bits per heavy atom. The highest BCUT2D eigenvalue weighted by molar-refractivity contribution is 7.89. The molecule has 1 aliphatic carbocycles. The Hall–Kier alpha value is -1.59. The number of fused-ring (bicyclic) bond motifs is 1. The molecule has 3 rings (SSSR count). The van der Waals surface area contributed by atoms with Gasteiger partial charge in [-0.3, -0.25) is 0 Å². The Bertz CT molecular complexity index is 750. The molecule has 2 aromatic carbocycles. The van der Waals surface area contributed by atoms with E-state index in [9.17, 15) is 8.42 Å². The molecule has 0 aromatic heterocycles. The fourth-order valence-corrected chi connectivity index (χ4v) is 4.26. The van der Waals surface area contributed by atoms with Gasteiger partial charge in [0.05, 0.1) is 4.90 Å². The summed E-state index contributed by atoms with van der Waals surface area (Å²) in [6.07, 6.45) is 5.27. The first-order valence-corrected chi connectivity index (χ1v) is 8.84. The van der Waals surface area contributed by atoms with E-state index in [2.05, 4.69) is 4.72 Å². The van der Waals surface area contributed by atoms with Crippen molar-refractivity contribution in [1.29, 1.82) is 0 Å². The van der Waals surface area contributed by atoms with Gasteiger partial charge < -0.3 is 5.73 Å². The van der Waals surface area contributed by atoms with E-state index in [0.29, 0.717) is 10.6 Å². The third kappa shape index (κ3) is 3.19. The van der Waals surface area contributed by atoms with Crippen molar-refractivity contribution in [3.05, 3.63) is 36.4 Å². The monoisotopic (exact) mass is 304 g/mol. The molecule has 2 aromatic rings. The first kappa shape index (κ1) is 14.4. The molecule has 0 spiro atoms. The summed E-state index contributed by atoms with van der Waals surface area (Å²) in [5.74, 6) is 0. The second kappa shape index (κ2) is 5.66. The molecule has 0 radical (unpaired) electrons. The molecule has 21 heavy (non-hydrogen) atoms. The minimum Gasteiger partial charge on any atom is -0.399 e. The van der Waals surface area contributed by atoms with Gasteiger partial charge in [-0.25, -0.2) is 13.1 Å². The van der Waals surface area contributed by atoms with Crippen LogP contribution in [0.3, 0.4) is 0 Å². The van der Waals surface area contributed by atoms with Crippen LogP contribution in [0, 0.1) is 0 Å². The van der Waals surface area contributed by atoms with E-state index in [1.807, 2.05) is 12.1 Å². The van der Waals surface area contributed by atoms with E-state index in [1.165, 1.54) is 6.42 Å². The molecule has 112 valence electrons. The molecule has 1 aliphatic rings. The van der Waals surface area contributed by atoms with Gasteiger partial charge in [0, 0.05) is 11.7 Å². The molecule has 0 saturated heterocycles. The van der Waals surface area contributed by atoms with Crippen LogP contribution in [0.2, 0.25) is 0 Å². The summed E-state index contributed by atoms with van der Waals surface area (Å²) < 4.78 is 27.8. The van der Waals surface area contributed by atoms with Crippen molar-refractivity contribution in [3.63, 3.8) is 0 Å². The molecule has 0 heterocycles. The van der Waals surface area contributed by atoms with Crippen LogP contribution in [0.5, 0.6) is 0 Å². The summed E-state index contributed by atoms with van der Waals surface area (Å²) in [6, 6.07) is 10.7. The zero-order chi connectivity index (χ0) is 14.9. The lowest BCUT2D eigenvalue weighted by molar-refractivity contribution is 0.412. The number of anilines is 1. The minimum absolute atomic E-state index is 0.0749. The predicted octanol–water partition coefficient (Wildman–Crippen LogP) is 3.03. The Balaban J connectivity index is 1.89. The van der Waals surface area contributed by atoms with Crippen molar-refractivity contribution in [2.75, 3.05) is 5.73 Å². The summed E-state index contributed by atoms with van der Waals surface area (Å²) >= 11 is 0. The Morgan fingerprint density at radius 3 is 2.38 bits per heavy atom. The molecule has 0 unspecified atom stereocenters. The van der Waals surface area contributed by atoms with Gasteiger partial charge in [-0.05, 0) is 47.9 Å². The third-order valence-electron chi connectivity index (χ3n) is 4.07. The van der Waals surface area contributed by atoms with Gasteiger partial charge in [0.2, 0.25) is 10.0 Å². The van der Waals surface area contributed by atoms with Gasteiger partial charge in [0.15, 0.2) is 0 Å². The number of sulfonamides is 1. The second-order valence-electron chi connectivity index (χ2n) is 5.72. The largest absolute Gasteiger partial charge is 0.399 e. The van der Waals surface area contributed by atoms with Gasteiger partial charge in [-0.15, -0.1) is 0 Å². The number of benzene rings is 2. The van der Waals surface area contributed by atoms with Crippen molar-refractivity contribution in [1.82, 2.24) is 4.72 Å². The number of hydrogen-bond donors (Lipinski definition) is 2. The molecule has 5 heteroatoms. The van der Waals surface area contributed by atoms with Crippen LogP contribution >= 0.6 is 0 Å². The van der Waals surface area contributed by atoms with Gasteiger partial charge in [0.1, 0.15) is 0 Å². The van der Waals surface area contributed by atoms with Crippen LogP contribution in [-0.2, 0) is 10.0 Å². The Kier molecular flexibility index (Phi) is 3.87.